The largest absolute Gasteiger partial charge is 0.480 e. The standard InChI is InChI=1S/C70H82N10O13S2/c1-7-8-11-38-79-58-34-31-53(95(90,91)92)41-55(58)70(5,6)60(79)36-23-46-16-13-15-45(63(46)93-51-27-29-52(30-28-51)94(87,88)89)22-35-59-69(3,4)54-40-44(2)19-33-57(54)80(59)39-12-9-10-18-61(82)72-37-14-17-50(81)26-32-56(67(85)86)76-65(83)47-20-24-48(25-21-47)73-42-49-43-74-64-62(75-49)66(84)78-68(71)77-64/h19-25,27-31,33-36,40-41,43,56H,7-18,26,32,37-39,42H2,1-6H3,(H8-,71,72,73,74,76,77,78,82,83,84,85,86,87,88,89,90,91,92)/p+1/t56-/m0/s1. The summed E-state index contributed by atoms with van der Waals surface area (Å²) in [5.41, 5.74) is 14.3. The predicted octanol–water partition coefficient (Wildman–Crippen LogP) is 10.6. The van der Waals surface area contributed by atoms with Crippen molar-refractivity contribution in [1.29, 1.82) is 0 Å². The number of aromatic nitrogens is 4. The summed E-state index contributed by atoms with van der Waals surface area (Å²) in [5.74, 6) is -1.34. The second-order valence-corrected chi connectivity index (χ2v) is 28.1. The molecule has 502 valence electrons. The molecule has 9 N–H and O–H groups in total. The van der Waals surface area contributed by atoms with Crippen LogP contribution in [0.15, 0.2) is 153 Å². The lowest BCUT2D eigenvalue weighted by atomic mass is 9.81. The summed E-state index contributed by atoms with van der Waals surface area (Å²) in [6.07, 6.45) is 17.6. The lowest BCUT2D eigenvalue weighted by molar-refractivity contribution is -0.438. The number of nitrogen functional groups attached to an aromatic ring is 1. The number of benzene rings is 4. The molecule has 0 bridgehead atoms. The number of ether oxygens (including phenoxy) is 1. The number of nitrogens with one attached hydrogen (secondary N) is 4. The number of carboxylic acids is 1. The van der Waals surface area contributed by atoms with E-state index in [1.807, 2.05) is 13.8 Å². The van der Waals surface area contributed by atoms with Gasteiger partial charge in [-0.25, -0.2) is 14.8 Å². The van der Waals surface area contributed by atoms with Crippen molar-refractivity contribution < 1.29 is 59.5 Å². The second-order valence-electron chi connectivity index (χ2n) is 25.3. The molecule has 1 atom stereocenters. The number of aryl methyl sites for hydroxylation is 1. The normalized spacial score (nSPS) is 16.4. The van der Waals surface area contributed by atoms with E-state index in [0.717, 1.165) is 83.6 Å². The third-order valence-electron chi connectivity index (χ3n) is 17.6. The maximum Gasteiger partial charge on any atom is 0.326 e. The van der Waals surface area contributed by atoms with Gasteiger partial charge in [-0.2, -0.15) is 26.4 Å². The van der Waals surface area contributed by atoms with Crippen molar-refractivity contribution >= 4 is 83.7 Å². The van der Waals surface area contributed by atoms with Crippen LogP contribution in [0.2, 0.25) is 0 Å². The van der Waals surface area contributed by atoms with Crippen molar-refractivity contribution in [2.45, 2.75) is 165 Å². The molecule has 4 heterocycles. The molecule has 4 aromatic carbocycles. The Bertz CT molecular complexity index is 4380. The first kappa shape index (κ1) is 70.2. The van der Waals surface area contributed by atoms with Crippen LogP contribution in [-0.2, 0) is 52.0 Å². The molecule has 2 aromatic heterocycles. The molecule has 3 aliphatic rings. The molecule has 0 radical (unpaired) electrons. The van der Waals surface area contributed by atoms with Gasteiger partial charge in [-0.05, 0) is 168 Å². The van der Waals surface area contributed by atoms with Crippen LogP contribution in [0.3, 0.4) is 0 Å². The first-order chi connectivity index (χ1) is 45.1. The van der Waals surface area contributed by atoms with E-state index in [-0.39, 0.29) is 76.5 Å². The number of allylic oxidation sites excluding steroid dienone is 7. The van der Waals surface area contributed by atoms with Gasteiger partial charge in [-0.3, -0.25) is 33.3 Å². The number of ketones is 1. The minimum atomic E-state index is -4.47. The van der Waals surface area contributed by atoms with E-state index in [1.54, 1.807) is 24.3 Å². The average molecular weight is 1340 g/mol. The van der Waals surface area contributed by atoms with E-state index in [0.29, 0.717) is 68.1 Å². The summed E-state index contributed by atoms with van der Waals surface area (Å²) >= 11 is 0. The van der Waals surface area contributed by atoms with E-state index in [9.17, 15) is 55.0 Å². The van der Waals surface area contributed by atoms with Gasteiger partial charge in [0.15, 0.2) is 16.9 Å². The van der Waals surface area contributed by atoms with E-state index in [2.05, 4.69) is 116 Å². The Labute approximate surface area is 553 Å². The van der Waals surface area contributed by atoms with Crippen molar-refractivity contribution in [3.05, 3.63) is 176 Å². The summed E-state index contributed by atoms with van der Waals surface area (Å²) in [5, 5.41) is 18.4. The fourth-order valence-electron chi connectivity index (χ4n) is 12.4. The van der Waals surface area contributed by atoms with Crippen LogP contribution in [0, 0.1) is 6.92 Å². The van der Waals surface area contributed by atoms with Gasteiger partial charge in [0.05, 0.1) is 33.6 Å². The van der Waals surface area contributed by atoms with Gasteiger partial charge in [0.2, 0.25) is 17.5 Å². The number of nitrogens with zero attached hydrogens (tertiary/aromatic N) is 5. The average Bonchev–Trinajstić information content (AvgIpc) is 1.60. The Morgan fingerprint density at radius 1 is 0.811 bits per heavy atom. The van der Waals surface area contributed by atoms with Crippen molar-refractivity contribution in [1.82, 2.24) is 30.6 Å². The highest BCUT2D eigenvalue weighted by Crippen LogP contribution is 2.49. The minimum absolute atomic E-state index is 0.0374. The van der Waals surface area contributed by atoms with Gasteiger partial charge in [0.1, 0.15) is 29.9 Å². The molecule has 2 aliphatic heterocycles. The number of carboxylic acid groups (broad SMARTS) is 1. The zero-order chi connectivity index (χ0) is 68.4. The lowest BCUT2D eigenvalue weighted by Gasteiger charge is -2.27. The maximum atomic E-state index is 13.1. The molecule has 0 fully saturated rings. The third kappa shape index (κ3) is 17.2. The van der Waals surface area contributed by atoms with Crippen LogP contribution >= 0.6 is 0 Å². The predicted molar refractivity (Wildman–Crippen MR) is 363 cm³/mol. The van der Waals surface area contributed by atoms with Crippen molar-refractivity contribution in [2.24, 2.45) is 0 Å². The molecule has 2 amide bonds. The van der Waals surface area contributed by atoms with Crippen molar-refractivity contribution in [2.75, 3.05) is 35.6 Å². The van der Waals surface area contributed by atoms with E-state index in [1.165, 1.54) is 54.2 Å². The molecule has 25 heteroatoms. The summed E-state index contributed by atoms with van der Waals surface area (Å²) in [4.78, 5) is 80.0. The van der Waals surface area contributed by atoms with Crippen LogP contribution in [0.5, 0.6) is 5.75 Å². The second kappa shape index (κ2) is 30.1. The maximum absolute atomic E-state index is 13.1. The molecular weight excluding hydrogens is 1250 g/mol. The number of carbonyl (C=O) groups is 4. The molecular formula is C70H83N10O13S2+. The molecule has 6 aromatic rings. The number of rotatable bonds is 30. The quantitative estimate of drug-likeness (QED) is 0.0118. The number of unbranched alkanes of at least 4 members (excludes halogenated alkanes) is 4. The first-order valence-corrected chi connectivity index (χ1v) is 34.9. The number of H-pyrrole nitrogens is 1. The lowest BCUT2D eigenvalue weighted by Crippen LogP contribution is -2.41. The van der Waals surface area contributed by atoms with Crippen LogP contribution < -0.4 is 36.9 Å². The fraction of sp³-hybridized carbons (Fsp3) is 0.386. The smallest absolute Gasteiger partial charge is 0.326 e. The van der Waals surface area contributed by atoms with Gasteiger partial charge in [-0.1, -0.05) is 57.4 Å². The number of Topliss-reactive ketones (excluding diaryl/α,β-unsaturated/α-hetero) is 1. The first-order valence-electron chi connectivity index (χ1n) is 32.0. The molecule has 23 nitrogen and oxygen atoms in total. The number of hydrogen-bond acceptors (Lipinski definition) is 16. The van der Waals surface area contributed by atoms with Gasteiger partial charge < -0.3 is 36.4 Å². The zero-order valence-electron chi connectivity index (χ0n) is 54.3. The number of hydrogen-bond donors (Lipinski definition) is 8. The van der Waals surface area contributed by atoms with E-state index < -0.39 is 54.5 Å². The van der Waals surface area contributed by atoms with Crippen molar-refractivity contribution in [3.63, 3.8) is 0 Å². The summed E-state index contributed by atoms with van der Waals surface area (Å²) in [6.45, 7) is 14.5. The van der Waals surface area contributed by atoms with Gasteiger partial charge in [0, 0.05) is 84.5 Å². The Morgan fingerprint density at radius 3 is 2.26 bits per heavy atom. The molecule has 9 rings (SSSR count). The Kier molecular flexibility index (Phi) is 22.2. The molecule has 1 aliphatic carbocycles. The number of aliphatic carboxylic acids is 1. The Hall–Kier alpha value is -9.17. The summed E-state index contributed by atoms with van der Waals surface area (Å²) < 4.78 is 77.6. The SMILES string of the molecule is CCCCC[N+]1=C(C=CC2=C(Oc3ccc(S(=O)(=O)O)cc3)C(=CC=C3N(CCCCCC(=O)NCCCC(=O)CC[C@H](NC(=O)c4ccc(NCc5cnc6nc(N)[nH]c(=O)c6n5)cc4)C(=O)O)c4ccc(C)cc4C3(C)C)CCC2)C(C)(C)c2cc(S(=O)(=O)O)ccc21. The molecule has 0 unspecified atom stereocenters. The van der Waals surface area contributed by atoms with Gasteiger partial charge in [-0.15, -0.1) is 0 Å². The van der Waals surface area contributed by atoms with E-state index in [4.69, 9.17) is 10.5 Å². The summed E-state index contributed by atoms with van der Waals surface area (Å²) in [6, 6.07) is 21.8. The number of fused-ring (bicyclic) bond motifs is 3. The molecule has 0 spiro atoms. The summed E-state index contributed by atoms with van der Waals surface area (Å²) in [7, 11) is -8.93. The molecule has 0 saturated heterocycles. The number of nitrogens with two attached hydrogens (primary N) is 1. The number of anilines is 3. The third-order valence-corrected chi connectivity index (χ3v) is 19.3. The highest BCUT2D eigenvalue weighted by Gasteiger charge is 2.45. The minimum Gasteiger partial charge on any atom is -0.480 e. The van der Waals surface area contributed by atoms with Gasteiger partial charge >= 0.3 is 5.97 Å². The van der Waals surface area contributed by atoms with Crippen LogP contribution in [-0.4, -0.2) is 111 Å². The highest BCUT2D eigenvalue weighted by molar-refractivity contribution is 7.86. The van der Waals surface area contributed by atoms with Crippen LogP contribution in [0.4, 0.5) is 23.0 Å². The number of amides is 2. The van der Waals surface area contributed by atoms with Crippen LogP contribution in [0.25, 0.3) is 11.2 Å². The van der Waals surface area contributed by atoms with Gasteiger partial charge in [0.25, 0.3) is 31.7 Å². The van der Waals surface area contributed by atoms with E-state index >= 15 is 0 Å². The highest BCUT2D eigenvalue weighted by atomic mass is 32.2. The Morgan fingerprint density at radius 2 is 1.55 bits per heavy atom. The number of aromatic amines is 1. The Balaban J connectivity index is 0.801. The number of carbonyl (C=O) groups excluding carboxylic acids is 3. The van der Waals surface area contributed by atoms with Crippen molar-refractivity contribution in [3.8, 4) is 5.75 Å². The molecule has 0 saturated carbocycles. The fourth-order valence-corrected chi connectivity index (χ4v) is 13.4. The zero-order valence-corrected chi connectivity index (χ0v) is 56.0. The van der Waals surface area contributed by atoms with Crippen LogP contribution in [0.1, 0.15) is 157 Å². The monoisotopic (exact) mass is 1340 g/mol. The molecule has 95 heavy (non-hydrogen) atoms. The topological polar surface area (TPSA) is 346 Å².